The number of hydrogen-bond donors (Lipinski definition) is 0. The third kappa shape index (κ3) is 5.07. The highest BCUT2D eigenvalue weighted by Gasteiger charge is 2.28. The van der Waals surface area contributed by atoms with Gasteiger partial charge in [-0.05, 0) is 29.7 Å². The summed E-state index contributed by atoms with van der Waals surface area (Å²) in [6.45, 7) is 5.63. The number of rotatable bonds is 6. The molecule has 0 saturated carbocycles. The van der Waals surface area contributed by atoms with Crippen LogP contribution >= 0.6 is 12.4 Å². The van der Waals surface area contributed by atoms with E-state index in [1.165, 1.54) is 11.1 Å². The molecule has 0 atom stereocenters. The lowest BCUT2D eigenvalue weighted by Crippen LogP contribution is -2.48. The molecule has 6 heteroatoms. The molecule has 0 aromatic heterocycles. The van der Waals surface area contributed by atoms with Crippen LogP contribution in [0.15, 0.2) is 59.5 Å². The third-order valence-corrected chi connectivity index (χ3v) is 6.59. The largest absolute Gasteiger partial charge is 0.296 e. The van der Waals surface area contributed by atoms with Crippen molar-refractivity contribution in [3.63, 3.8) is 0 Å². The maximum Gasteiger partial charge on any atom is 0.243 e. The molecule has 0 amide bonds. The molecule has 1 aliphatic rings. The summed E-state index contributed by atoms with van der Waals surface area (Å²) in [6, 6.07) is 17.7. The van der Waals surface area contributed by atoms with Crippen molar-refractivity contribution in [2.24, 2.45) is 0 Å². The van der Waals surface area contributed by atoms with Gasteiger partial charge in [0.2, 0.25) is 10.0 Å². The van der Waals surface area contributed by atoms with E-state index in [2.05, 4.69) is 24.0 Å². The highest BCUT2D eigenvalue weighted by molar-refractivity contribution is 7.89. The normalized spacial score (nSPS) is 16.2. The molecule has 1 fully saturated rings. The van der Waals surface area contributed by atoms with E-state index in [1.54, 1.807) is 16.4 Å². The standard InChI is InChI=1S/C20H26N2O2S.ClH/c1-2-6-18-9-11-20(12-10-18)25(23,24)22-15-13-21(14-16-22)17-19-7-4-3-5-8-19;/h3-5,7-12H,2,6,13-17H2,1H3;1H. The van der Waals surface area contributed by atoms with Gasteiger partial charge in [-0.3, -0.25) is 4.90 Å². The van der Waals surface area contributed by atoms with Crippen molar-refractivity contribution in [1.82, 2.24) is 9.21 Å². The predicted molar refractivity (Wildman–Crippen MR) is 108 cm³/mol. The molecular formula is C20H27ClN2O2S. The van der Waals surface area contributed by atoms with Crippen molar-refractivity contribution in [2.45, 2.75) is 31.2 Å². The number of halogens is 1. The maximum absolute atomic E-state index is 12.8. The topological polar surface area (TPSA) is 40.6 Å². The zero-order chi connectivity index (χ0) is 17.7. The van der Waals surface area contributed by atoms with E-state index in [-0.39, 0.29) is 12.4 Å². The third-order valence-electron chi connectivity index (χ3n) is 4.68. The van der Waals surface area contributed by atoms with Crippen molar-refractivity contribution in [3.8, 4) is 0 Å². The molecule has 0 radical (unpaired) electrons. The molecule has 0 N–H and O–H groups in total. The fraction of sp³-hybridized carbons (Fsp3) is 0.400. The van der Waals surface area contributed by atoms with E-state index >= 15 is 0 Å². The van der Waals surface area contributed by atoms with Crippen LogP contribution in [-0.4, -0.2) is 43.8 Å². The van der Waals surface area contributed by atoms with E-state index in [9.17, 15) is 8.42 Å². The van der Waals surface area contributed by atoms with Crippen LogP contribution < -0.4 is 0 Å². The van der Waals surface area contributed by atoms with Gasteiger partial charge in [-0.15, -0.1) is 12.4 Å². The number of aryl methyl sites for hydroxylation is 1. The van der Waals surface area contributed by atoms with Crippen molar-refractivity contribution in [3.05, 3.63) is 65.7 Å². The van der Waals surface area contributed by atoms with Gasteiger partial charge in [0.1, 0.15) is 0 Å². The fourth-order valence-electron chi connectivity index (χ4n) is 3.24. The second-order valence-electron chi connectivity index (χ2n) is 6.56. The fourth-order valence-corrected chi connectivity index (χ4v) is 4.66. The average molecular weight is 395 g/mol. The Hall–Kier alpha value is -1.40. The number of hydrogen-bond acceptors (Lipinski definition) is 3. The number of nitrogens with zero attached hydrogens (tertiary/aromatic N) is 2. The highest BCUT2D eigenvalue weighted by atomic mass is 35.5. The zero-order valence-electron chi connectivity index (χ0n) is 15.2. The smallest absolute Gasteiger partial charge is 0.243 e. The molecule has 1 aliphatic heterocycles. The monoisotopic (exact) mass is 394 g/mol. The van der Waals surface area contributed by atoms with Crippen molar-refractivity contribution >= 4 is 22.4 Å². The molecule has 0 aliphatic carbocycles. The molecule has 142 valence electrons. The van der Waals surface area contributed by atoms with Crippen LogP contribution in [0.4, 0.5) is 0 Å². The maximum atomic E-state index is 12.8. The van der Waals surface area contributed by atoms with Crippen molar-refractivity contribution in [1.29, 1.82) is 0 Å². The molecule has 1 saturated heterocycles. The van der Waals surface area contributed by atoms with Gasteiger partial charge in [0.15, 0.2) is 0 Å². The summed E-state index contributed by atoms with van der Waals surface area (Å²) in [7, 11) is -3.38. The average Bonchev–Trinajstić information content (AvgIpc) is 2.64. The van der Waals surface area contributed by atoms with Gasteiger partial charge in [-0.2, -0.15) is 4.31 Å². The van der Waals surface area contributed by atoms with Crippen LogP contribution in [0.3, 0.4) is 0 Å². The molecule has 4 nitrogen and oxygen atoms in total. The summed E-state index contributed by atoms with van der Waals surface area (Å²) in [4.78, 5) is 2.72. The molecule has 0 spiro atoms. The van der Waals surface area contributed by atoms with Gasteiger partial charge < -0.3 is 0 Å². The Morgan fingerprint density at radius 3 is 2.04 bits per heavy atom. The van der Waals surface area contributed by atoms with E-state index < -0.39 is 10.0 Å². The van der Waals surface area contributed by atoms with E-state index in [4.69, 9.17) is 0 Å². The zero-order valence-corrected chi connectivity index (χ0v) is 16.8. The minimum Gasteiger partial charge on any atom is -0.296 e. The number of sulfonamides is 1. The second-order valence-corrected chi connectivity index (χ2v) is 8.50. The minimum atomic E-state index is -3.38. The van der Waals surface area contributed by atoms with E-state index in [0.29, 0.717) is 18.0 Å². The number of piperazine rings is 1. The van der Waals surface area contributed by atoms with E-state index in [1.807, 2.05) is 30.3 Å². The van der Waals surface area contributed by atoms with E-state index in [0.717, 1.165) is 32.5 Å². The summed E-state index contributed by atoms with van der Waals surface area (Å²) in [5.41, 5.74) is 2.46. The van der Waals surface area contributed by atoms with Gasteiger partial charge in [0.05, 0.1) is 4.90 Å². The lowest BCUT2D eigenvalue weighted by Gasteiger charge is -2.34. The molecule has 2 aromatic carbocycles. The van der Waals surface area contributed by atoms with Gasteiger partial charge in [0.25, 0.3) is 0 Å². The summed E-state index contributed by atoms with van der Waals surface area (Å²) in [6.07, 6.45) is 2.05. The van der Waals surface area contributed by atoms with Crippen LogP contribution in [-0.2, 0) is 23.0 Å². The second kappa shape index (κ2) is 9.51. The van der Waals surface area contributed by atoms with Crippen LogP contribution in [0, 0.1) is 0 Å². The molecule has 26 heavy (non-hydrogen) atoms. The Kier molecular flexibility index (Phi) is 7.65. The quantitative estimate of drug-likeness (QED) is 0.752. The Balaban J connectivity index is 0.00000243. The van der Waals surface area contributed by atoms with Crippen molar-refractivity contribution in [2.75, 3.05) is 26.2 Å². The summed E-state index contributed by atoms with van der Waals surface area (Å²) < 4.78 is 27.3. The predicted octanol–water partition coefficient (Wildman–Crippen LogP) is 3.57. The lowest BCUT2D eigenvalue weighted by molar-refractivity contribution is 0.181. The highest BCUT2D eigenvalue weighted by Crippen LogP contribution is 2.19. The Bertz CT molecular complexity index is 771. The molecule has 0 bridgehead atoms. The summed E-state index contributed by atoms with van der Waals surface area (Å²) >= 11 is 0. The Labute approximate surface area is 163 Å². The van der Waals surface area contributed by atoms with Crippen LogP contribution in [0.1, 0.15) is 24.5 Å². The van der Waals surface area contributed by atoms with Crippen LogP contribution in [0.25, 0.3) is 0 Å². The Morgan fingerprint density at radius 2 is 1.46 bits per heavy atom. The van der Waals surface area contributed by atoms with Crippen molar-refractivity contribution < 1.29 is 8.42 Å². The summed E-state index contributed by atoms with van der Waals surface area (Å²) in [5.74, 6) is 0. The molecule has 2 aromatic rings. The first-order valence-electron chi connectivity index (χ1n) is 8.95. The first-order chi connectivity index (χ1) is 12.1. The van der Waals surface area contributed by atoms with Gasteiger partial charge in [-0.25, -0.2) is 8.42 Å². The van der Waals surface area contributed by atoms with Gasteiger partial charge in [0, 0.05) is 32.7 Å². The van der Waals surface area contributed by atoms with Crippen LogP contribution in [0.5, 0.6) is 0 Å². The first-order valence-corrected chi connectivity index (χ1v) is 10.4. The molecule has 0 unspecified atom stereocenters. The Morgan fingerprint density at radius 1 is 0.846 bits per heavy atom. The number of benzene rings is 2. The summed E-state index contributed by atoms with van der Waals surface area (Å²) in [5, 5.41) is 0. The van der Waals surface area contributed by atoms with Gasteiger partial charge in [-0.1, -0.05) is 55.8 Å². The molecule has 3 rings (SSSR count). The van der Waals surface area contributed by atoms with Crippen LogP contribution in [0.2, 0.25) is 0 Å². The molecular weight excluding hydrogens is 368 g/mol. The lowest BCUT2D eigenvalue weighted by atomic mass is 10.1. The SMILES string of the molecule is CCCc1ccc(S(=O)(=O)N2CCN(Cc3ccccc3)CC2)cc1.Cl. The molecule has 1 heterocycles. The van der Waals surface area contributed by atoms with Gasteiger partial charge >= 0.3 is 0 Å². The minimum absolute atomic E-state index is 0. The first kappa shape index (κ1) is 20.9.